The molecule has 7 heteroatoms. The summed E-state index contributed by atoms with van der Waals surface area (Å²) in [6.45, 7) is 0. The lowest BCUT2D eigenvalue weighted by Gasteiger charge is -2.06. The van der Waals surface area contributed by atoms with Crippen molar-refractivity contribution in [3.8, 4) is 33.3 Å². The Labute approximate surface area is 199 Å². The number of thiazole rings is 1. The van der Waals surface area contributed by atoms with Gasteiger partial charge in [-0.3, -0.25) is 4.79 Å². The molecule has 2 aromatic heterocycles. The Morgan fingerprint density at radius 2 is 1.74 bits per heavy atom. The van der Waals surface area contributed by atoms with Gasteiger partial charge in [0.2, 0.25) is 0 Å². The van der Waals surface area contributed by atoms with Gasteiger partial charge in [0.25, 0.3) is 0 Å². The fourth-order valence-electron chi connectivity index (χ4n) is 3.52. The molecule has 0 spiro atoms. The molecule has 0 atom stereocenters. The summed E-state index contributed by atoms with van der Waals surface area (Å²) in [5.41, 5.74) is 2.83. The largest absolute Gasteiger partial charge is 0.497 e. The van der Waals surface area contributed by atoms with Gasteiger partial charge < -0.3 is 13.9 Å². The van der Waals surface area contributed by atoms with Crippen LogP contribution < -0.4 is 15.1 Å². The van der Waals surface area contributed by atoms with Gasteiger partial charge in [-0.15, -0.1) is 11.3 Å². The van der Waals surface area contributed by atoms with Gasteiger partial charge in [0.15, 0.2) is 0 Å². The van der Waals surface area contributed by atoms with Gasteiger partial charge in [0, 0.05) is 22.4 Å². The summed E-state index contributed by atoms with van der Waals surface area (Å²) in [4.78, 5) is 29.6. The van der Waals surface area contributed by atoms with Gasteiger partial charge in [-0.05, 0) is 35.9 Å². The van der Waals surface area contributed by atoms with Crippen LogP contribution in [0.1, 0.15) is 5.56 Å². The third-order valence-corrected chi connectivity index (χ3v) is 6.13. The summed E-state index contributed by atoms with van der Waals surface area (Å²) in [7, 11) is 1.59. The molecule has 0 aliphatic heterocycles. The molecule has 0 unspecified atom stereocenters. The van der Waals surface area contributed by atoms with Crippen molar-refractivity contribution in [3.63, 3.8) is 0 Å². The van der Waals surface area contributed by atoms with Crippen LogP contribution in [0.4, 0.5) is 0 Å². The molecule has 5 aromatic rings. The quantitative estimate of drug-likeness (QED) is 0.179. The van der Waals surface area contributed by atoms with Crippen molar-refractivity contribution in [2.24, 2.45) is 0 Å². The van der Waals surface area contributed by atoms with Crippen molar-refractivity contribution in [1.82, 2.24) is 4.98 Å². The number of fused-ring (bicyclic) bond motifs is 1. The van der Waals surface area contributed by atoms with Crippen LogP contribution in [0.25, 0.3) is 32.8 Å². The van der Waals surface area contributed by atoms with E-state index in [0.29, 0.717) is 27.3 Å². The Balaban J connectivity index is 1.35. The SMILES string of the molecule is COc1ccc(CC(=O)Oc2ccc3cc(-c4nc(-c5ccccc5)cs4)c(=O)oc3c2)cc1. The molecule has 0 radical (unpaired) electrons. The maximum absolute atomic E-state index is 12.7. The predicted molar refractivity (Wildman–Crippen MR) is 131 cm³/mol. The highest BCUT2D eigenvalue weighted by Crippen LogP contribution is 2.29. The molecule has 6 nitrogen and oxygen atoms in total. The smallest absolute Gasteiger partial charge is 0.346 e. The van der Waals surface area contributed by atoms with E-state index >= 15 is 0 Å². The lowest BCUT2D eigenvalue weighted by Crippen LogP contribution is -2.11. The lowest BCUT2D eigenvalue weighted by molar-refractivity contribution is -0.133. The van der Waals surface area contributed by atoms with Crippen molar-refractivity contribution in [2.75, 3.05) is 7.11 Å². The van der Waals surface area contributed by atoms with Crippen LogP contribution in [0.3, 0.4) is 0 Å². The Morgan fingerprint density at radius 3 is 2.50 bits per heavy atom. The Kier molecular flexibility index (Phi) is 5.93. The van der Waals surface area contributed by atoms with Gasteiger partial charge in [-0.1, -0.05) is 42.5 Å². The van der Waals surface area contributed by atoms with Crippen molar-refractivity contribution in [3.05, 3.63) is 100 Å². The zero-order valence-electron chi connectivity index (χ0n) is 18.2. The third-order valence-electron chi connectivity index (χ3n) is 5.25. The molecule has 3 aromatic carbocycles. The van der Waals surface area contributed by atoms with Crippen LogP contribution in [0.2, 0.25) is 0 Å². The molecular weight excluding hydrogens is 450 g/mol. The monoisotopic (exact) mass is 469 g/mol. The average molecular weight is 470 g/mol. The number of hydrogen-bond acceptors (Lipinski definition) is 7. The highest BCUT2D eigenvalue weighted by atomic mass is 32.1. The topological polar surface area (TPSA) is 78.6 Å². The number of hydrogen-bond donors (Lipinski definition) is 0. The first-order valence-electron chi connectivity index (χ1n) is 10.5. The first kappa shape index (κ1) is 21.6. The first-order chi connectivity index (χ1) is 16.6. The van der Waals surface area contributed by atoms with E-state index in [-0.39, 0.29) is 6.42 Å². The van der Waals surface area contributed by atoms with E-state index < -0.39 is 11.6 Å². The number of carbonyl (C=O) groups is 1. The molecule has 0 bridgehead atoms. The highest BCUT2D eigenvalue weighted by Gasteiger charge is 2.14. The Morgan fingerprint density at radius 1 is 0.971 bits per heavy atom. The summed E-state index contributed by atoms with van der Waals surface area (Å²) >= 11 is 1.39. The summed E-state index contributed by atoms with van der Waals surface area (Å²) in [6.07, 6.45) is 0.110. The fourth-order valence-corrected chi connectivity index (χ4v) is 4.35. The number of rotatable bonds is 6. The Hall–Kier alpha value is -4.23. The molecule has 0 aliphatic carbocycles. The van der Waals surface area contributed by atoms with E-state index in [0.717, 1.165) is 22.6 Å². The minimum absolute atomic E-state index is 0.110. The van der Waals surface area contributed by atoms with E-state index in [1.54, 1.807) is 43.5 Å². The van der Waals surface area contributed by atoms with E-state index in [9.17, 15) is 9.59 Å². The van der Waals surface area contributed by atoms with Crippen LogP contribution in [-0.2, 0) is 11.2 Å². The molecule has 34 heavy (non-hydrogen) atoms. The second-order valence-electron chi connectivity index (χ2n) is 7.55. The van der Waals surface area contributed by atoms with E-state index in [1.165, 1.54) is 11.3 Å². The number of aromatic nitrogens is 1. The van der Waals surface area contributed by atoms with Gasteiger partial charge in [-0.2, -0.15) is 0 Å². The van der Waals surface area contributed by atoms with E-state index in [1.807, 2.05) is 47.8 Å². The second-order valence-corrected chi connectivity index (χ2v) is 8.41. The predicted octanol–water partition coefficient (Wildman–Crippen LogP) is 5.74. The van der Waals surface area contributed by atoms with Crippen LogP contribution in [0.5, 0.6) is 11.5 Å². The van der Waals surface area contributed by atoms with Gasteiger partial charge in [0.05, 0.1) is 24.8 Å². The molecular formula is C27H19NO5S. The summed E-state index contributed by atoms with van der Waals surface area (Å²) in [5, 5.41) is 3.21. The van der Waals surface area contributed by atoms with Crippen LogP contribution in [-0.4, -0.2) is 18.1 Å². The normalized spacial score (nSPS) is 10.9. The summed E-state index contributed by atoms with van der Waals surface area (Å²) in [5.74, 6) is 0.609. The van der Waals surface area contributed by atoms with Crippen molar-refractivity contribution >= 4 is 28.3 Å². The van der Waals surface area contributed by atoms with E-state index in [4.69, 9.17) is 13.9 Å². The molecule has 2 heterocycles. The number of nitrogens with zero attached hydrogens (tertiary/aromatic N) is 1. The number of benzene rings is 3. The van der Waals surface area contributed by atoms with Gasteiger partial charge in [0.1, 0.15) is 22.1 Å². The number of esters is 1. The van der Waals surface area contributed by atoms with Crippen LogP contribution >= 0.6 is 11.3 Å². The minimum atomic E-state index is -0.497. The third kappa shape index (κ3) is 4.60. The van der Waals surface area contributed by atoms with Crippen molar-refractivity contribution < 1.29 is 18.7 Å². The molecule has 0 aliphatic rings. The summed E-state index contributed by atoms with van der Waals surface area (Å²) < 4.78 is 16.1. The number of carbonyl (C=O) groups excluding carboxylic acids is 1. The molecule has 0 N–H and O–H groups in total. The maximum atomic E-state index is 12.7. The molecule has 5 rings (SSSR count). The van der Waals surface area contributed by atoms with Gasteiger partial charge in [-0.25, -0.2) is 9.78 Å². The lowest BCUT2D eigenvalue weighted by atomic mass is 10.1. The highest BCUT2D eigenvalue weighted by molar-refractivity contribution is 7.13. The molecule has 0 fully saturated rings. The first-order valence-corrected chi connectivity index (χ1v) is 11.4. The molecule has 0 amide bonds. The zero-order chi connectivity index (χ0) is 23.5. The van der Waals surface area contributed by atoms with Crippen molar-refractivity contribution in [2.45, 2.75) is 6.42 Å². The van der Waals surface area contributed by atoms with Crippen molar-refractivity contribution in [1.29, 1.82) is 0 Å². The van der Waals surface area contributed by atoms with Crippen LogP contribution in [0.15, 0.2) is 93.5 Å². The average Bonchev–Trinajstić information content (AvgIpc) is 3.35. The summed E-state index contributed by atoms with van der Waals surface area (Å²) in [6, 6.07) is 23.7. The second kappa shape index (κ2) is 9.33. The van der Waals surface area contributed by atoms with E-state index in [2.05, 4.69) is 4.98 Å². The molecule has 0 saturated heterocycles. The van der Waals surface area contributed by atoms with Crippen LogP contribution in [0, 0.1) is 0 Å². The molecule has 0 saturated carbocycles. The zero-order valence-corrected chi connectivity index (χ0v) is 19.0. The van der Waals surface area contributed by atoms with Gasteiger partial charge >= 0.3 is 11.6 Å². The standard InChI is InChI=1S/C27H19NO5S/c1-31-20-10-7-17(8-11-20)13-25(29)32-21-12-9-19-14-22(27(30)33-24(19)15-21)26-28-23(16-34-26)18-5-3-2-4-6-18/h2-12,14-16H,13H2,1H3. The number of methoxy groups -OCH3 is 1. The minimum Gasteiger partial charge on any atom is -0.497 e. The number of ether oxygens (including phenoxy) is 2. The Bertz CT molecular complexity index is 1520. The molecule has 168 valence electrons. The maximum Gasteiger partial charge on any atom is 0.346 e. The fraction of sp³-hybridized carbons (Fsp3) is 0.0741.